The lowest BCUT2D eigenvalue weighted by Gasteiger charge is -2.26. The number of carboxylic acids is 1. The molecule has 0 aliphatic carbocycles. The van der Waals surface area contributed by atoms with E-state index in [1.165, 1.54) is 0 Å². The largest absolute Gasteiger partial charge is 0.481 e. The smallest absolute Gasteiger partial charge is 0.310 e. The van der Waals surface area contributed by atoms with Crippen LogP contribution in [0.1, 0.15) is 33.6 Å². The van der Waals surface area contributed by atoms with Crippen LogP contribution in [0.3, 0.4) is 0 Å². The van der Waals surface area contributed by atoms with Gasteiger partial charge in [0.15, 0.2) is 0 Å². The molecule has 1 atom stereocenters. The second kappa shape index (κ2) is 4.41. The lowest BCUT2D eigenvalue weighted by molar-refractivity contribution is -0.147. The van der Waals surface area contributed by atoms with E-state index in [9.17, 15) is 9.59 Å². The van der Waals surface area contributed by atoms with Crippen molar-refractivity contribution in [1.82, 2.24) is 10.6 Å². The molecule has 0 aromatic rings. The van der Waals surface area contributed by atoms with Crippen molar-refractivity contribution in [2.45, 2.75) is 39.2 Å². The quantitative estimate of drug-likeness (QED) is 0.649. The number of amides is 1. The lowest BCUT2D eigenvalue weighted by atomic mass is 9.92. The van der Waals surface area contributed by atoms with E-state index in [2.05, 4.69) is 10.6 Å². The van der Waals surface area contributed by atoms with Crippen LogP contribution in [0.25, 0.3) is 0 Å². The van der Waals surface area contributed by atoms with Crippen LogP contribution in [0.4, 0.5) is 0 Å². The molecule has 1 saturated heterocycles. The molecule has 1 fully saturated rings. The van der Waals surface area contributed by atoms with E-state index in [0.29, 0.717) is 0 Å². The monoisotopic (exact) mass is 228 g/mol. The van der Waals surface area contributed by atoms with Crippen molar-refractivity contribution in [2.24, 2.45) is 5.41 Å². The zero-order valence-corrected chi connectivity index (χ0v) is 10.1. The van der Waals surface area contributed by atoms with Gasteiger partial charge in [0.25, 0.3) is 0 Å². The topological polar surface area (TPSA) is 78.4 Å². The summed E-state index contributed by atoms with van der Waals surface area (Å²) in [6, 6.07) is 0. The Morgan fingerprint density at radius 3 is 2.56 bits per heavy atom. The molecule has 92 valence electrons. The van der Waals surface area contributed by atoms with Crippen LogP contribution >= 0.6 is 0 Å². The van der Waals surface area contributed by atoms with Gasteiger partial charge >= 0.3 is 5.97 Å². The highest BCUT2D eigenvalue weighted by Crippen LogP contribution is 2.19. The molecule has 0 aromatic carbocycles. The first-order valence-corrected chi connectivity index (χ1v) is 5.55. The van der Waals surface area contributed by atoms with Crippen molar-refractivity contribution in [1.29, 1.82) is 0 Å². The zero-order valence-electron chi connectivity index (χ0n) is 10.1. The summed E-state index contributed by atoms with van der Waals surface area (Å²) in [7, 11) is 0. The average molecular weight is 228 g/mol. The number of hydrogen-bond donors (Lipinski definition) is 3. The summed E-state index contributed by atoms with van der Waals surface area (Å²) < 4.78 is 0. The summed E-state index contributed by atoms with van der Waals surface area (Å²) in [5, 5.41) is 14.8. The number of carbonyl (C=O) groups excluding carboxylic acids is 1. The normalized spacial score (nSPS) is 25.4. The number of rotatable bonds is 4. The maximum Gasteiger partial charge on any atom is 0.310 e. The molecule has 3 N–H and O–H groups in total. The third-order valence-electron chi connectivity index (χ3n) is 3.14. The van der Waals surface area contributed by atoms with E-state index in [1.54, 1.807) is 13.8 Å². The van der Waals surface area contributed by atoms with Gasteiger partial charge in [-0.15, -0.1) is 0 Å². The van der Waals surface area contributed by atoms with Gasteiger partial charge in [-0.3, -0.25) is 9.59 Å². The van der Waals surface area contributed by atoms with Crippen LogP contribution in [-0.4, -0.2) is 35.6 Å². The fourth-order valence-electron chi connectivity index (χ4n) is 1.66. The SMILES string of the molecule is CC(C)(CNC(=O)C1(C)CCCN1)C(=O)O. The van der Waals surface area contributed by atoms with Crippen LogP contribution in [0.2, 0.25) is 0 Å². The Morgan fingerprint density at radius 1 is 1.50 bits per heavy atom. The summed E-state index contributed by atoms with van der Waals surface area (Å²) in [5.41, 5.74) is -1.46. The third-order valence-corrected chi connectivity index (χ3v) is 3.14. The molecule has 0 spiro atoms. The Morgan fingerprint density at radius 2 is 2.12 bits per heavy atom. The van der Waals surface area contributed by atoms with Crippen molar-refractivity contribution in [3.8, 4) is 0 Å². The van der Waals surface area contributed by atoms with E-state index < -0.39 is 16.9 Å². The van der Waals surface area contributed by atoms with Crippen LogP contribution in [0.15, 0.2) is 0 Å². The molecule has 1 rings (SSSR count). The number of carbonyl (C=O) groups is 2. The molecule has 16 heavy (non-hydrogen) atoms. The molecule has 0 aromatic heterocycles. The summed E-state index contributed by atoms with van der Waals surface area (Å²) in [5.74, 6) is -1.02. The van der Waals surface area contributed by atoms with Gasteiger partial charge in [0.2, 0.25) is 5.91 Å². The summed E-state index contributed by atoms with van der Waals surface area (Å²) in [6.45, 7) is 6.04. The molecule has 1 amide bonds. The number of carboxylic acid groups (broad SMARTS) is 1. The van der Waals surface area contributed by atoms with Gasteiger partial charge in [0, 0.05) is 6.54 Å². The minimum atomic E-state index is -0.926. The standard InChI is InChI=1S/C11H20N2O3/c1-10(2,9(15)16)7-12-8(14)11(3)5-4-6-13-11/h13H,4-7H2,1-3H3,(H,12,14)(H,15,16). The molecular formula is C11H20N2O3. The third kappa shape index (κ3) is 2.72. The zero-order chi connectivity index (χ0) is 12.4. The Kier molecular flexibility index (Phi) is 3.57. The summed E-state index contributed by atoms with van der Waals surface area (Å²) in [6.07, 6.45) is 1.78. The fraction of sp³-hybridized carbons (Fsp3) is 0.818. The van der Waals surface area contributed by atoms with Crippen molar-refractivity contribution in [2.75, 3.05) is 13.1 Å². The Hall–Kier alpha value is -1.10. The van der Waals surface area contributed by atoms with Crippen LogP contribution < -0.4 is 10.6 Å². The average Bonchev–Trinajstić information content (AvgIpc) is 2.62. The van der Waals surface area contributed by atoms with Gasteiger partial charge in [-0.1, -0.05) is 0 Å². The predicted molar refractivity (Wildman–Crippen MR) is 60.1 cm³/mol. The highest BCUT2D eigenvalue weighted by Gasteiger charge is 2.37. The first-order valence-electron chi connectivity index (χ1n) is 5.55. The first-order chi connectivity index (χ1) is 7.28. The maximum atomic E-state index is 11.9. The number of aliphatic carboxylic acids is 1. The van der Waals surface area contributed by atoms with Gasteiger partial charge in [0.05, 0.1) is 11.0 Å². The van der Waals surface area contributed by atoms with Gasteiger partial charge in [-0.2, -0.15) is 0 Å². The second-order valence-electron chi connectivity index (χ2n) is 5.23. The molecule has 1 aliphatic rings. The van der Waals surface area contributed by atoms with E-state index >= 15 is 0 Å². The number of hydrogen-bond acceptors (Lipinski definition) is 3. The van der Waals surface area contributed by atoms with E-state index in [-0.39, 0.29) is 12.5 Å². The van der Waals surface area contributed by atoms with E-state index in [1.807, 2.05) is 6.92 Å². The molecule has 0 radical (unpaired) electrons. The number of nitrogens with one attached hydrogen (secondary N) is 2. The van der Waals surface area contributed by atoms with Crippen molar-refractivity contribution in [3.63, 3.8) is 0 Å². The molecule has 5 heteroatoms. The maximum absolute atomic E-state index is 11.9. The predicted octanol–water partition coefficient (Wildman–Crippen LogP) is 0.356. The molecule has 5 nitrogen and oxygen atoms in total. The lowest BCUT2D eigenvalue weighted by Crippen LogP contribution is -2.53. The second-order valence-corrected chi connectivity index (χ2v) is 5.23. The van der Waals surface area contributed by atoms with Gasteiger partial charge in [-0.05, 0) is 40.2 Å². The molecule has 1 heterocycles. The van der Waals surface area contributed by atoms with Crippen LogP contribution in [0, 0.1) is 5.41 Å². The molecule has 0 bridgehead atoms. The van der Waals surface area contributed by atoms with Gasteiger partial charge in [-0.25, -0.2) is 0 Å². The highest BCUT2D eigenvalue weighted by molar-refractivity contribution is 5.86. The van der Waals surface area contributed by atoms with E-state index in [0.717, 1.165) is 19.4 Å². The van der Waals surface area contributed by atoms with E-state index in [4.69, 9.17) is 5.11 Å². The summed E-state index contributed by atoms with van der Waals surface area (Å²) in [4.78, 5) is 22.7. The minimum Gasteiger partial charge on any atom is -0.481 e. The van der Waals surface area contributed by atoms with Gasteiger partial charge in [0.1, 0.15) is 0 Å². The molecular weight excluding hydrogens is 208 g/mol. The Labute approximate surface area is 95.6 Å². The molecule has 1 aliphatic heterocycles. The van der Waals surface area contributed by atoms with Crippen LogP contribution in [-0.2, 0) is 9.59 Å². The van der Waals surface area contributed by atoms with Crippen molar-refractivity contribution in [3.05, 3.63) is 0 Å². The Bertz CT molecular complexity index is 294. The highest BCUT2D eigenvalue weighted by atomic mass is 16.4. The van der Waals surface area contributed by atoms with Crippen LogP contribution in [0.5, 0.6) is 0 Å². The van der Waals surface area contributed by atoms with Gasteiger partial charge < -0.3 is 15.7 Å². The summed E-state index contributed by atoms with van der Waals surface area (Å²) >= 11 is 0. The molecule has 0 saturated carbocycles. The first kappa shape index (κ1) is 13.0. The minimum absolute atomic E-state index is 0.112. The van der Waals surface area contributed by atoms with Crippen molar-refractivity contribution >= 4 is 11.9 Å². The van der Waals surface area contributed by atoms with Crippen molar-refractivity contribution < 1.29 is 14.7 Å². The fourth-order valence-corrected chi connectivity index (χ4v) is 1.66. The molecule has 1 unspecified atom stereocenters. The Balaban J connectivity index is 2.50.